The highest BCUT2D eigenvalue weighted by atomic mass is 16.5. The van der Waals surface area contributed by atoms with Crippen LogP contribution in [0.3, 0.4) is 0 Å². The van der Waals surface area contributed by atoms with Crippen molar-refractivity contribution >= 4 is 17.6 Å². The Labute approximate surface area is 109 Å². The molecule has 98 valence electrons. The highest BCUT2D eigenvalue weighted by Crippen LogP contribution is 2.11. The highest BCUT2D eigenvalue weighted by molar-refractivity contribution is 6.33. The first-order chi connectivity index (χ1) is 9.04. The molecule has 1 aromatic carbocycles. The molecule has 0 bridgehead atoms. The van der Waals surface area contributed by atoms with E-state index in [9.17, 15) is 4.79 Å². The first kappa shape index (κ1) is 14.1. The number of carboxylic acids is 1. The summed E-state index contributed by atoms with van der Waals surface area (Å²) < 4.78 is 5.18. The SMILES string of the molecule is C#CCOc1ccc(/C(N)=N/N=C(\N)C(=O)O)cc1. The summed E-state index contributed by atoms with van der Waals surface area (Å²) in [7, 11) is 0. The van der Waals surface area contributed by atoms with Gasteiger partial charge in [-0.2, -0.15) is 0 Å². The summed E-state index contributed by atoms with van der Waals surface area (Å²) >= 11 is 0. The normalized spacial score (nSPS) is 11.7. The van der Waals surface area contributed by atoms with E-state index in [0.29, 0.717) is 11.3 Å². The minimum absolute atomic E-state index is 0.0349. The van der Waals surface area contributed by atoms with Crippen molar-refractivity contribution in [1.29, 1.82) is 0 Å². The van der Waals surface area contributed by atoms with Crippen molar-refractivity contribution in [3.8, 4) is 18.1 Å². The number of aliphatic carboxylic acids is 1. The van der Waals surface area contributed by atoms with E-state index in [-0.39, 0.29) is 12.4 Å². The van der Waals surface area contributed by atoms with E-state index in [0.717, 1.165) is 0 Å². The zero-order valence-electron chi connectivity index (χ0n) is 9.91. The molecule has 0 aliphatic carbocycles. The third-order valence-electron chi connectivity index (χ3n) is 1.96. The predicted molar refractivity (Wildman–Crippen MR) is 70.8 cm³/mol. The molecule has 0 amide bonds. The molecular weight excluding hydrogens is 248 g/mol. The topological polar surface area (TPSA) is 123 Å². The smallest absolute Gasteiger partial charge is 0.373 e. The van der Waals surface area contributed by atoms with E-state index in [4.69, 9.17) is 27.7 Å². The molecule has 0 fully saturated rings. The van der Waals surface area contributed by atoms with Crippen LogP contribution in [-0.2, 0) is 4.79 Å². The van der Waals surface area contributed by atoms with Gasteiger partial charge >= 0.3 is 5.97 Å². The van der Waals surface area contributed by atoms with Gasteiger partial charge in [-0.15, -0.1) is 16.6 Å². The fourth-order valence-corrected chi connectivity index (χ4v) is 1.06. The molecule has 7 nitrogen and oxygen atoms in total. The molecule has 5 N–H and O–H groups in total. The lowest BCUT2D eigenvalue weighted by Gasteiger charge is -2.03. The van der Waals surface area contributed by atoms with E-state index in [1.54, 1.807) is 24.3 Å². The molecule has 0 aliphatic rings. The second kappa shape index (κ2) is 6.66. The van der Waals surface area contributed by atoms with E-state index < -0.39 is 11.8 Å². The standard InChI is InChI=1S/C12H12N4O3/c1-2-7-19-9-5-3-8(4-6-9)10(13)15-16-11(14)12(17)18/h1,3-6H,7H2,(H2,13,15)(H2,14,16)(H,17,18). The second-order valence-electron chi connectivity index (χ2n) is 3.29. The lowest BCUT2D eigenvalue weighted by molar-refractivity contribution is -0.129. The summed E-state index contributed by atoms with van der Waals surface area (Å²) in [5, 5.41) is 15.3. The Kier molecular flexibility index (Phi) is 4.93. The fraction of sp³-hybridized carbons (Fsp3) is 0.0833. The van der Waals surface area contributed by atoms with Crippen LogP contribution in [0.25, 0.3) is 0 Å². The first-order valence-corrected chi connectivity index (χ1v) is 5.11. The maximum Gasteiger partial charge on any atom is 0.373 e. The Bertz CT molecular complexity index is 555. The van der Waals surface area contributed by atoms with Crippen LogP contribution in [0.1, 0.15) is 5.56 Å². The number of terminal acetylenes is 1. The van der Waals surface area contributed by atoms with Crippen molar-refractivity contribution in [2.45, 2.75) is 0 Å². The number of carbonyl (C=O) groups is 1. The number of benzene rings is 1. The predicted octanol–water partition coefficient (Wildman–Crippen LogP) is -0.239. The minimum atomic E-state index is -1.37. The monoisotopic (exact) mass is 260 g/mol. The second-order valence-corrected chi connectivity index (χ2v) is 3.29. The van der Waals surface area contributed by atoms with Gasteiger partial charge in [0.05, 0.1) is 0 Å². The zero-order valence-corrected chi connectivity index (χ0v) is 9.91. The van der Waals surface area contributed by atoms with Crippen LogP contribution in [0.4, 0.5) is 0 Å². The molecule has 0 spiro atoms. The van der Waals surface area contributed by atoms with Crippen LogP contribution in [0.2, 0.25) is 0 Å². The quantitative estimate of drug-likeness (QED) is 0.298. The van der Waals surface area contributed by atoms with Crippen LogP contribution in [-0.4, -0.2) is 29.4 Å². The van der Waals surface area contributed by atoms with Gasteiger partial charge in [0.1, 0.15) is 12.4 Å². The molecule has 0 aromatic heterocycles. The van der Waals surface area contributed by atoms with Gasteiger partial charge in [0.25, 0.3) is 0 Å². The largest absolute Gasteiger partial charge is 0.481 e. The summed E-state index contributed by atoms with van der Waals surface area (Å²) in [5.74, 6) is 0.952. The average Bonchev–Trinajstić information content (AvgIpc) is 2.42. The Hall–Kier alpha value is -3.01. The summed E-state index contributed by atoms with van der Waals surface area (Å²) in [5.41, 5.74) is 11.2. The molecule has 7 heteroatoms. The van der Waals surface area contributed by atoms with E-state index >= 15 is 0 Å². The van der Waals surface area contributed by atoms with Gasteiger partial charge in [-0.1, -0.05) is 5.92 Å². The van der Waals surface area contributed by atoms with Gasteiger partial charge in [0.15, 0.2) is 5.84 Å². The highest BCUT2D eigenvalue weighted by Gasteiger charge is 2.03. The molecule has 0 radical (unpaired) electrons. The van der Waals surface area contributed by atoms with Crippen molar-refractivity contribution in [2.75, 3.05) is 6.61 Å². The lowest BCUT2D eigenvalue weighted by Crippen LogP contribution is -2.23. The minimum Gasteiger partial charge on any atom is -0.481 e. The van der Waals surface area contributed by atoms with E-state index in [1.165, 1.54) is 0 Å². The van der Waals surface area contributed by atoms with Gasteiger partial charge in [-0.25, -0.2) is 4.79 Å². The van der Waals surface area contributed by atoms with Gasteiger partial charge in [-0.3, -0.25) is 0 Å². The average molecular weight is 260 g/mol. The summed E-state index contributed by atoms with van der Waals surface area (Å²) in [6, 6.07) is 6.58. The lowest BCUT2D eigenvalue weighted by atomic mass is 10.2. The number of nitrogens with two attached hydrogens (primary N) is 2. The van der Waals surface area contributed by atoms with Crippen LogP contribution in [0.5, 0.6) is 5.75 Å². The number of hydrogen-bond donors (Lipinski definition) is 3. The number of nitrogens with zero attached hydrogens (tertiary/aromatic N) is 2. The molecule has 0 saturated carbocycles. The van der Waals surface area contributed by atoms with Gasteiger partial charge < -0.3 is 21.3 Å². The Morgan fingerprint density at radius 2 is 1.95 bits per heavy atom. The van der Waals surface area contributed by atoms with Crippen molar-refractivity contribution in [3.05, 3.63) is 29.8 Å². The van der Waals surface area contributed by atoms with Crippen LogP contribution >= 0.6 is 0 Å². The van der Waals surface area contributed by atoms with Crippen LogP contribution in [0.15, 0.2) is 34.5 Å². The molecule has 0 saturated heterocycles. The molecule has 1 rings (SSSR count). The number of carboxylic acid groups (broad SMARTS) is 1. The number of ether oxygens (including phenoxy) is 1. The van der Waals surface area contributed by atoms with Gasteiger partial charge in [-0.05, 0) is 24.3 Å². The Morgan fingerprint density at radius 3 is 2.47 bits per heavy atom. The van der Waals surface area contributed by atoms with E-state index in [2.05, 4.69) is 16.1 Å². The molecular formula is C12H12N4O3. The molecule has 0 atom stereocenters. The Balaban J connectivity index is 2.81. The van der Waals surface area contributed by atoms with Gasteiger partial charge in [0.2, 0.25) is 5.84 Å². The molecule has 0 aliphatic heterocycles. The zero-order chi connectivity index (χ0) is 14.3. The van der Waals surface area contributed by atoms with Gasteiger partial charge in [0, 0.05) is 5.56 Å². The van der Waals surface area contributed by atoms with Crippen molar-refractivity contribution in [2.24, 2.45) is 21.7 Å². The fourth-order valence-electron chi connectivity index (χ4n) is 1.06. The molecule has 0 heterocycles. The van der Waals surface area contributed by atoms with Crippen LogP contribution in [0, 0.1) is 12.3 Å². The third kappa shape index (κ3) is 4.40. The maximum atomic E-state index is 10.4. The number of hydrogen-bond acceptors (Lipinski definition) is 4. The Morgan fingerprint density at radius 1 is 1.32 bits per heavy atom. The number of rotatable bonds is 4. The third-order valence-corrected chi connectivity index (χ3v) is 1.96. The van der Waals surface area contributed by atoms with Crippen molar-refractivity contribution in [1.82, 2.24) is 0 Å². The summed E-state index contributed by atoms with van der Waals surface area (Å²) in [6.45, 7) is 0.169. The first-order valence-electron chi connectivity index (χ1n) is 5.11. The van der Waals surface area contributed by atoms with Crippen LogP contribution < -0.4 is 16.2 Å². The maximum absolute atomic E-state index is 10.4. The van der Waals surface area contributed by atoms with Crippen molar-refractivity contribution in [3.63, 3.8) is 0 Å². The van der Waals surface area contributed by atoms with E-state index in [1.807, 2.05) is 0 Å². The number of amidine groups is 2. The summed E-state index contributed by atoms with van der Waals surface area (Å²) in [6.07, 6.45) is 5.06. The summed E-state index contributed by atoms with van der Waals surface area (Å²) in [4.78, 5) is 10.4. The van der Waals surface area contributed by atoms with Crippen molar-refractivity contribution < 1.29 is 14.6 Å². The molecule has 19 heavy (non-hydrogen) atoms. The molecule has 0 unspecified atom stereocenters. The molecule has 1 aromatic rings.